The summed E-state index contributed by atoms with van der Waals surface area (Å²) >= 11 is 0. The molecule has 0 aromatic rings. The monoisotopic (exact) mass is 215 g/mol. The predicted molar refractivity (Wildman–Crippen MR) is 54.6 cm³/mol. The summed E-state index contributed by atoms with van der Waals surface area (Å²) in [5.74, 6) is -1.39. The van der Waals surface area contributed by atoms with Crippen LogP contribution in [0.15, 0.2) is 0 Å². The van der Waals surface area contributed by atoms with Crippen molar-refractivity contribution in [3.8, 4) is 0 Å². The Balaban J connectivity index is 4.12. The molecule has 0 fully saturated rings. The van der Waals surface area contributed by atoms with Gasteiger partial charge in [0.25, 0.3) is 0 Å². The van der Waals surface area contributed by atoms with Crippen molar-refractivity contribution in [2.75, 3.05) is 6.54 Å². The summed E-state index contributed by atoms with van der Waals surface area (Å²) in [6.07, 6.45) is 0. The van der Waals surface area contributed by atoms with Crippen LogP contribution in [0.3, 0.4) is 0 Å². The van der Waals surface area contributed by atoms with Crippen LogP contribution in [-0.2, 0) is 14.4 Å². The molecule has 15 heavy (non-hydrogen) atoms. The Hall–Kier alpha value is -1.59. The number of carbonyl (C=O) groups is 3. The normalized spacial score (nSPS) is 12.0. The Labute approximate surface area is 88.6 Å². The highest BCUT2D eigenvalue weighted by molar-refractivity contribution is 5.89. The smallest absolute Gasteiger partial charge is 0.240 e. The van der Waals surface area contributed by atoms with Crippen molar-refractivity contribution in [2.24, 2.45) is 11.7 Å². The molecule has 1 atom stereocenters. The van der Waals surface area contributed by atoms with Crippen LogP contribution in [0.2, 0.25) is 0 Å². The van der Waals surface area contributed by atoms with Gasteiger partial charge in [0, 0.05) is 6.92 Å². The van der Waals surface area contributed by atoms with Crippen LogP contribution in [0.5, 0.6) is 0 Å². The molecule has 0 aliphatic rings. The molecule has 86 valence electrons. The van der Waals surface area contributed by atoms with E-state index in [9.17, 15) is 14.4 Å². The van der Waals surface area contributed by atoms with Gasteiger partial charge in [0.1, 0.15) is 6.04 Å². The molecule has 6 heteroatoms. The van der Waals surface area contributed by atoms with E-state index in [-0.39, 0.29) is 18.4 Å². The van der Waals surface area contributed by atoms with Gasteiger partial charge in [0.2, 0.25) is 17.7 Å². The van der Waals surface area contributed by atoms with E-state index in [0.717, 1.165) is 0 Å². The van der Waals surface area contributed by atoms with Crippen molar-refractivity contribution < 1.29 is 14.4 Å². The minimum absolute atomic E-state index is 0.0798. The van der Waals surface area contributed by atoms with E-state index in [0.29, 0.717) is 0 Å². The van der Waals surface area contributed by atoms with Crippen LogP contribution in [0.4, 0.5) is 0 Å². The topological polar surface area (TPSA) is 101 Å². The molecule has 4 N–H and O–H groups in total. The lowest BCUT2D eigenvalue weighted by atomic mass is 10.0. The van der Waals surface area contributed by atoms with Crippen LogP contribution < -0.4 is 16.4 Å². The number of nitrogens with one attached hydrogen (secondary N) is 2. The summed E-state index contributed by atoms with van der Waals surface area (Å²) in [6.45, 7) is 4.70. The summed E-state index contributed by atoms with van der Waals surface area (Å²) in [4.78, 5) is 32.7. The van der Waals surface area contributed by atoms with Gasteiger partial charge >= 0.3 is 0 Å². The highest BCUT2D eigenvalue weighted by Crippen LogP contribution is 1.99. The Morgan fingerprint density at radius 3 is 2.13 bits per heavy atom. The quantitative estimate of drug-likeness (QED) is 0.534. The van der Waals surface area contributed by atoms with Gasteiger partial charge in [0.05, 0.1) is 6.54 Å². The molecule has 0 heterocycles. The average molecular weight is 215 g/mol. The molecular weight excluding hydrogens is 198 g/mol. The van der Waals surface area contributed by atoms with Crippen LogP contribution in [0.1, 0.15) is 20.8 Å². The van der Waals surface area contributed by atoms with Crippen LogP contribution >= 0.6 is 0 Å². The van der Waals surface area contributed by atoms with Crippen molar-refractivity contribution in [1.29, 1.82) is 0 Å². The second-order valence-electron chi connectivity index (χ2n) is 3.60. The van der Waals surface area contributed by atoms with Gasteiger partial charge in [-0.25, -0.2) is 0 Å². The van der Waals surface area contributed by atoms with E-state index in [2.05, 4.69) is 10.6 Å². The van der Waals surface area contributed by atoms with Gasteiger partial charge in [-0.05, 0) is 5.92 Å². The zero-order valence-electron chi connectivity index (χ0n) is 9.16. The molecule has 0 unspecified atom stereocenters. The lowest BCUT2D eigenvalue weighted by Gasteiger charge is -2.18. The van der Waals surface area contributed by atoms with Gasteiger partial charge in [-0.2, -0.15) is 0 Å². The maximum atomic E-state index is 11.2. The summed E-state index contributed by atoms with van der Waals surface area (Å²) in [7, 11) is 0. The van der Waals surface area contributed by atoms with Gasteiger partial charge < -0.3 is 16.4 Å². The number of hydrogen-bond acceptors (Lipinski definition) is 3. The van der Waals surface area contributed by atoms with Crippen molar-refractivity contribution in [3.05, 3.63) is 0 Å². The fourth-order valence-electron chi connectivity index (χ4n) is 0.996. The highest BCUT2D eigenvalue weighted by atomic mass is 16.2. The lowest BCUT2D eigenvalue weighted by Crippen LogP contribution is -2.50. The molecule has 0 aliphatic carbocycles. The highest BCUT2D eigenvalue weighted by Gasteiger charge is 2.21. The molecule has 0 spiro atoms. The third-order valence-corrected chi connectivity index (χ3v) is 1.79. The van der Waals surface area contributed by atoms with E-state index in [1.807, 2.05) is 0 Å². The van der Waals surface area contributed by atoms with E-state index in [1.54, 1.807) is 13.8 Å². The summed E-state index contributed by atoms with van der Waals surface area (Å²) in [5, 5.41) is 4.77. The second kappa shape index (κ2) is 6.00. The lowest BCUT2D eigenvalue weighted by molar-refractivity contribution is -0.129. The molecule has 0 saturated carbocycles. The SMILES string of the molecule is CC(=O)NCC(=O)N[C@H](C(N)=O)C(C)C. The van der Waals surface area contributed by atoms with Gasteiger partial charge in [-0.15, -0.1) is 0 Å². The van der Waals surface area contributed by atoms with E-state index >= 15 is 0 Å². The summed E-state index contributed by atoms with van der Waals surface area (Å²) in [5.41, 5.74) is 5.10. The maximum absolute atomic E-state index is 11.2. The number of carbonyl (C=O) groups excluding carboxylic acids is 3. The van der Waals surface area contributed by atoms with E-state index < -0.39 is 17.9 Å². The van der Waals surface area contributed by atoms with E-state index in [1.165, 1.54) is 6.92 Å². The Kier molecular flexibility index (Phi) is 5.36. The van der Waals surface area contributed by atoms with Crippen molar-refractivity contribution in [3.63, 3.8) is 0 Å². The summed E-state index contributed by atoms with van der Waals surface area (Å²) < 4.78 is 0. The Bertz CT molecular complexity index is 263. The Morgan fingerprint density at radius 1 is 1.27 bits per heavy atom. The predicted octanol–water partition coefficient (Wildman–Crippen LogP) is -1.25. The van der Waals surface area contributed by atoms with Gasteiger partial charge in [0.15, 0.2) is 0 Å². The molecular formula is C9H17N3O3. The molecule has 0 bridgehead atoms. The molecule has 0 aliphatic heterocycles. The molecule has 0 radical (unpaired) electrons. The first kappa shape index (κ1) is 13.4. The van der Waals surface area contributed by atoms with Crippen LogP contribution in [0.25, 0.3) is 0 Å². The number of amides is 3. The average Bonchev–Trinajstić information content (AvgIpc) is 2.09. The second-order valence-corrected chi connectivity index (χ2v) is 3.60. The zero-order chi connectivity index (χ0) is 12.0. The third kappa shape index (κ3) is 5.66. The maximum Gasteiger partial charge on any atom is 0.240 e. The minimum atomic E-state index is -0.703. The van der Waals surface area contributed by atoms with Gasteiger partial charge in [-0.1, -0.05) is 13.8 Å². The standard InChI is InChI=1S/C9H17N3O3/c1-5(2)8(9(10)15)12-7(14)4-11-6(3)13/h5,8H,4H2,1-3H3,(H2,10,15)(H,11,13)(H,12,14)/t8-/m0/s1. The summed E-state index contributed by atoms with van der Waals surface area (Å²) in [6, 6.07) is -0.703. The van der Waals surface area contributed by atoms with Crippen molar-refractivity contribution >= 4 is 17.7 Å². The van der Waals surface area contributed by atoms with Crippen molar-refractivity contribution in [2.45, 2.75) is 26.8 Å². The zero-order valence-corrected chi connectivity index (χ0v) is 9.16. The number of hydrogen-bond donors (Lipinski definition) is 3. The molecule has 3 amide bonds. The molecule has 0 aromatic carbocycles. The Morgan fingerprint density at radius 2 is 1.80 bits per heavy atom. The fourth-order valence-corrected chi connectivity index (χ4v) is 0.996. The first-order chi connectivity index (χ1) is 6.84. The molecule has 0 aromatic heterocycles. The number of rotatable bonds is 5. The number of primary amides is 1. The first-order valence-electron chi connectivity index (χ1n) is 4.67. The first-order valence-corrected chi connectivity index (χ1v) is 4.67. The molecule has 0 rings (SSSR count). The largest absolute Gasteiger partial charge is 0.368 e. The van der Waals surface area contributed by atoms with Crippen molar-refractivity contribution in [1.82, 2.24) is 10.6 Å². The molecule has 0 saturated heterocycles. The minimum Gasteiger partial charge on any atom is -0.368 e. The van der Waals surface area contributed by atoms with E-state index in [4.69, 9.17) is 5.73 Å². The molecule has 6 nitrogen and oxygen atoms in total. The number of nitrogens with two attached hydrogens (primary N) is 1. The van der Waals surface area contributed by atoms with Gasteiger partial charge in [-0.3, -0.25) is 14.4 Å². The third-order valence-electron chi connectivity index (χ3n) is 1.79. The fraction of sp³-hybridized carbons (Fsp3) is 0.667. The van der Waals surface area contributed by atoms with Crippen LogP contribution in [0, 0.1) is 5.92 Å². The van der Waals surface area contributed by atoms with Crippen LogP contribution in [-0.4, -0.2) is 30.3 Å².